The summed E-state index contributed by atoms with van der Waals surface area (Å²) in [5.74, 6) is -0.159. The van der Waals surface area contributed by atoms with E-state index in [1.807, 2.05) is 18.2 Å². The number of aliphatic carboxylic acids is 1. The predicted molar refractivity (Wildman–Crippen MR) is 59.2 cm³/mol. The van der Waals surface area contributed by atoms with Crippen molar-refractivity contribution in [2.45, 2.75) is 18.9 Å². The van der Waals surface area contributed by atoms with Crippen molar-refractivity contribution in [1.29, 1.82) is 0 Å². The van der Waals surface area contributed by atoms with Gasteiger partial charge in [-0.1, -0.05) is 18.2 Å². The number of rotatable bonds is 4. The fraction of sp³-hybridized carbons (Fsp3) is 0.417. The number of para-hydroxylation sites is 1. The Balaban J connectivity index is 2.34. The minimum atomic E-state index is -0.814. The van der Waals surface area contributed by atoms with Gasteiger partial charge in [0.1, 0.15) is 5.75 Å². The molecule has 4 heteroatoms. The van der Waals surface area contributed by atoms with Gasteiger partial charge in [0.2, 0.25) is 0 Å². The summed E-state index contributed by atoms with van der Waals surface area (Å²) in [4.78, 5) is 11.2. The van der Waals surface area contributed by atoms with E-state index in [2.05, 4.69) is 0 Å². The Bertz CT molecular complexity index is 412. The Hall–Kier alpha value is -1.55. The van der Waals surface area contributed by atoms with Gasteiger partial charge in [-0.25, -0.2) is 0 Å². The predicted octanol–water partition coefficient (Wildman–Crippen LogP) is 1.56. The van der Waals surface area contributed by atoms with Crippen molar-refractivity contribution >= 4 is 5.97 Å². The van der Waals surface area contributed by atoms with Crippen LogP contribution in [0.3, 0.4) is 0 Å². The summed E-state index contributed by atoms with van der Waals surface area (Å²) in [6.45, 7) is 0. The third kappa shape index (κ3) is 1.55. The second-order valence-corrected chi connectivity index (χ2v) is 4.18. The molecule has 1 aliphatic rings. The molecular formula is C12H15NO3. The largest absolute Gasteiger partial charge is 0.496 e. The van der Waals surface area contributed by atoms with Gasteiger partial charge in [-0.15, -0.1) is 0 Å². The normalized spacial score (nSPS) is 18.9. The second kappa shape index (κ2) is 3.79. The van der Waals surface area contributed by atoms with E-state index in [9.17, 15) is 9.90 Å². The summed E-state index contributed by atoms with van der Waals surface area (Å²) in [5, 5.41) is 9.18. The van der Waals surface area contributed by atoms with Crippen LogP contribution in [0.5, 0.6) is 5.75 Å². The number of hydrogen-bond donors (Lipinski definition) is 2. The van der Waals surface area contributed by atoms with Crippen LogP contribution in [-0.4, -0.2) is 18.2 Å². The van der Waals surface area contributed by atoms with Gasteiger partial charge in [0.25, 0.3) is 0 Å². The first-order valence-electron chi connectivity index (χ1n) is 5.24. The number of carboxylic acids is 1. The SMILES string of the molecule is COc1ccccc1C(N)C1(C(=O)O)CC1. The summed E-state index contributed by atoms with van der Waals surface area (Å²) >= 11 is 0. The van der Waals surface area contributed by atoms with Gasteiger partial charge in [0.15, 0.2) is 0 Å². The highest BCUT2D eigenvalue weighted by Gasteiger charge is 2.55. The Morgan fingerprint density at radius 1 is 1.50 bits per heavy atom. The molecule has 86 valence electrons. The molecule has 0 aromatic heterocycles. The molecule has 1 aromatic rings. The summed E-state index contributed by atoms with van der Waals surface area (Å²) in [6.07, 6.45) is 1.28. The van der Waals surface area contributed by atoms with Crippen LogP contribution in [0.25, 0.3) is 0 Å². The summed E-state index contributed by atoms with van der Waals surface area (Å²) < 4.78 is 5.20. The summed E-state index contributed by atoms with van der Waals surface area (Å²) in [7, 11) is 1.56. The molecule has 3 N–H and O–H groups in total. The molecular weight excluding hydrogens is 206 g/mol. The fourth-order valence-corrected chi connectivity index (χ4v) is 2.01. The van der Waals surface area contributed by atoms with Gasteiger partial charge in [-0.05, 0) is 18.9 Å². The number of carboxylic acid groups (broad SMARTS) is 1. The van der Waals surface area contributed by atoms with Crippen LogP contribution in [0, 0.1) is 5.41 Å². The van der Waals surface area contributed by atoms with E-state index in [-0.39, 0.29) is 0 Å². The molecule has 0 bridgehead atoms. The average Bonchev–Trinajstić information content (AvgIpc) is 3.09. The monoisotopic (exact) mass is 221 g/mol. The van der Waals surface area contributed by atoms with E-state index in [1.165, 1.54) is 0 Å². The highest BCUT2D eigenvalue weighted by Crippen LogP contribution is 2.55. The molecule has 1 unspecified atom stereocenters. The van der Waals surface area contributed by atoms with Crippen molar-refractivity contribution in [3.8, 4) is 5.75 Å². The van der Waals surface area contributed by atoms with E-state index >= 15 is 0 Å². The molecule has 0 aliphatic heterocycles. The van der Waals surface area contributed by atoms with Gasteiger partial charge < -0.3 is 15.6 Å². The van der Waals surface area contributed by atoms with Gasteiger partial charge in [0, 0.05) is 11.6 Å². The molecule has 2 rings (SSSR count). The van der Waals surface area contributed by atoms with Gasteiger partial charge >= 0.3 is 5.97 Å². The number of methoxy groups -OCH3 is 1. The van der Waals surface area contributed by atoms with Crippen molar-refractivity contribution < 1.29 is 14.6 Å². The maximum Gasteiger partial charge on any atom is 0.311 e. The van der Waals surface area contributed by atoms with Crippen LogP contribution in [0.4, 0.5) is 0 Å². The molecule has 0 saturated heterocycles. The number of benzene rings is 1. The minimum Gasteiger partial charge on any atom is -0.496 e. The zero-order valence-corrected chi connectivity index (χ0v) is 9.14. The zero-order chi connectivity index (χ0) is 11.8. The van der Waals surface area contributed by atoms with Gasteiger partial charge in [-0.3, -0.25) is 4.79 Å². The maximum absolute atomic E-state index is 11.2. The van der Waals surface area contributed by atoms with E-state index in [1.54, 1.807) is 13.2 Å². The highest BCUT2D eigenvalue weighted by molar-refractivity contribution is 5.79. The third-order valence-corrected chi connectivity index (χ3v) is 3.28. The van der Waals surface area contributed by atoms with Crippen LogP contribution in [-0.2, 0) is 4.79 Å². The molecule has 1 aromatic carbocycles. The molecule has 1 atom stereocenters. The lowest BCUT2D eigenvalue weighted by atomic mass is 9.90. The Labute approximate surface area is 94.0 Å². The van der Waals surface area contributed by atoms with E-state index in [4.69, 9.17) is 10.5 Å². The highest BCUT2D eigenvalue weighted by atomic mass is 16.5. The van der Waals surface area contributed by atoms with Crippen molar-refractivity contribution in [3.05, 3.63) is 29.8 Å². The lowest BCUT2D eigenvalue weighted by Crippen LogP contribution is -2.30. The smallest absolute Gasteiger partial charge is 0.311 e. The Morgan fingerprint density at radius 2 is 2.12 bits per heavy atom. The lowest BCUT2D eigenvalue weighted by molar-refractivity contribution is -0.144. The van der Waals surface area contributed by atoms with Crippen molar-refractivity contribution in [1.82, 2.24) is 0 Å². The summed E-state index contributed by atoms with van der Waals surface area (Å²) in [6, 6.07) is 6.81. The summed E-state index contributed by atoms with van der Waals surface area (Å²) in [5.41, 5.74) is 6.04. The Kier molecular flexibility index (Phi) is 2.59. The molecule has 0 heterocycles. The van der Waals surface area contributed by atoms with Crippen molar-refractivity contribution in [2.75, 3.05) is 7.11 Å². The number of hydrogen-bond acceptors (Lipinski definition) is 3. The molecule has 1 saturated carbocycles. The lowest BCUT2D eigenvalue weighted by Gasteiger charge is -2.21. The van der Waals surface area contributed by atoms with Crippen LogP contribution in [0.1, 0.15) is 24.4 Å². The van der Waals surface area contributed by atoms with E-state index in [0.717, 1.165) is 5.56 Å². The first-order valence-corrected chi connectivity index (χ1v) is 5.24. The van der Waals surface area contributed by atoms with E-state index < -0.39 is 17.4 Å². The number of nitrogens with two attached hydrogens (primary N) is 1. The Morgan fingerprint density at radius 3 is 2.62 bits per heavy atom. The second-order valence-electron chi connectivity index (χ2n) is 4.18. The molecule has 16 heavy (non-hydrogen) atoms. The standard InChI is InChI=1S/C12H15NO3/c1-16-9-5-3-2-4-8(9)10(13)12(6-7-12)11(14)15/h2-5,10H,6-7,13H2,1H3,(H,14,15). The molecule has 0 amide bonds. The average molecular weight is 221 g/mol. The van der Waals surface area contributed by atoms with Gasteiger partial charge in [0.05, 0.1) is 12.5 Å². The van der Waals surface area contributed by atoms with Gasteiger partial charge in [-0.2, -0.15) is 0 Å². The van der Waals surface area contributed by atoms with E-state index in [0.29, 0.717) is 18.6 Å². The molecule has 4 nitrogen and oxygen atoms in total. The molecule has 0 radical (unpaired) electrons. The maximum atomic E-state index is 11.2. The van der Waals surface area contributed by atoms with Crippen LogP contribution in [0.2, 0.25) is 0 Å². The topological polar surface area (TPSA) is 72.5 Å². The number of ether oxygens (including phenoxy) is 1. The zero-order valence-electron chi connectivity index (χ0n) is 9.14. The van der Waals surface area contributed by atoms with Crippen LogP contribution in [0.15, 0.2) is 24.3 Å². The number of carbonyl (C=O) groups is 1. The molecule has 1 fully saturated rings. The molecule has 1 aliphatic carbocycles. The molecule has 0 spiro atoms. The van der Waals surface area contributed by atoms with Crippen molar-refractivity contribution in [2.24, 2.45) is 11.1 Å². The first-order chi connectivity index (χ1) is 7.62. The fourth-order valence-electron chi connectivity index (χ4n) is 2.01. The van der Waals surface area contributed by atoms with Crippen LogP contribution >= 0.6 is 0 Å². The van der Waals surface area contributed by atoms with Crippen LogP contribution < -0.4 is 10.5 Å². The third-order valence-electron chi connectivity index (χ3n) is 3.28. The van der Waals surface area contributed by atoms with Crippen molar-refractivity contribution in [3.63, 3.8) is 0 Å². The minimum absolute atomic E-state index is 0.499. The quantitative estimate of drug-likeness (QED) is 0.809. The first kappa shape index (κ1) is 11.0.